The topological polar surface area (TPSA) is 130 Å². The third-order valence-electron chi connectivity index (χ3n) is 0.608. The molecule has 0 saturated carbocycles. The zero-order chi connectivity index (χ0) is 12.6. The minimum absolute atomic E-state index is 0. The number of carbonyl (C=O) groups is 2. The van der Waals surface area contributed by atoms with Crippen molar-refractivity contribution in [2.75, 3.05) is 0 Å². The Labute approximate surface area is 99.0 Å². The van der Waals surface area contributed by atoms with E-state index < -0.39 is 25.9 Å². The number of alkyl halides is 1. The maximum absolute atomic E-state index is 11.4. The standard InChI is InChI=1S/C3H3FO4.F2HO4P.Li.H/c4-1(2(5)6)3(7)8;1-5-7(3,4)6-2;;/h1H,(H,5,6)(H,7,8);(H,3,4);;/q;;+1;-1. The molecule has 0 aromatic heterocycles. The van der Waals surface area contributed by atoms with Crippen molar-refractivity contribution in [3.8, 4) is 0 Å². The van der Waals surface area contributed by atoms with E-state index in [1.54, 1.807) is 0 Å². The van der Waals surface area contributed by atoms with Crippen LogP contribution in [0.1, 0.15) is 1.43 Å². The summed E-state index contributed by atoms with van der Waals surface area (Å²) in [6.45, 7) is 0. The van der Waals surface area contributed by atoms with Gasteiger partial charge in [0.05, 0.1) is 0 Å². The Balaban J connectivity index is -0.0000000896. The molecule has 0 fully saturated rings. The molecule has 8 nitrogen and oxygen atoms in total. The fourth-order valence-electron chi connectivity index (χ4n) is 0.116. The number of carboxylic acids is 2. The van der Waals surface area contributed by atoms with Gasteiger partial charge in [0.25, 0.3) is 6.17 Å². The maximum atomic E-state index is 11.4. The monoisotopic (exact) mass is 264 g/mol. The van der Waals surface area contributed by atoms with Crippen LogP contribution in [-0.4, -0.2) is 33.2 Å². The molecule has 0 aromatic rings. The Hall–Kier alpha value is -0.563. The van der Waals surface area contributed by atoms with E-state index >= 15 is 0 Å². The van der Waals surface area contributed by atoms with Crippen LogP contribution in [0.3, 0.4) is 0 Å². The Kier molecular flexibility index (Phi) is 12.5. The summed E-state index contributed by atoms with van der Waals surface area (Å²) in [6.07, 6.45) is -2.80. The Morgan fingerprint density at radius 3 is 1.44 bits per heavy atom. The molecule has 0 bridgehead atoms. The molecule has 0 rings (SSSR count). The number of hydrogen-bond acceptors (Lipinski definition) is 5. The summed E-state index contributed by atoms with van der Waals surface area (Å²) in [5, 5.41) is 15.2. The summed E-state index contributed by atoms with van der Waals surface area (Å²) < 4.78 is 45.7. The van der Waals surface area contributed by atoms with Gasteiger partial charge in [-0.3, -0.25) is 4.89 Å². The van der Waals surface area contributed by atoms with Gasteiger partial charge < -0.3 is 11.6 Å². The third-order valence-corrected chi connectivity index (χ3v) is 0.957. The first-order valence-corrected chi connectivity index (χ1v) is 4.20. The number of hydrogen-bond donors (Lipinski definition) is 3. The van der Waals surface area contributed by atoms with Crippen molar-refractivity contribution in [2.45, 2.75) is 6.17 Å². The molecule has 0 aromatic carbocycles. The molecular formula is C3H5F3LiO8P. The molecule has 0 aliphatic heterocycles. The van der Waals surface area contributed by atoms with Crippen LogP contribution in [0, 0.1) is 0 Å². The predicted molar refractivity (Wildman–Crippen MR) is 35.5 cm³/mol. The van der Waals surface area contributed by atoms with Crippen LogP contribution in [0.4, 0.5) is 13.4 Å². The summed E-state index contributed by atoms with van der Waals surface area (Å²) >= 11 is 0. The molecular weight excluding hydrogens is 259 g/mol. The summed E-state index contributed by atoms with van der Waals surface area (Å²) in [4.78, 5) is 26.3. The van der Waals surface area contributed by atoms with E-state index in [2.05, 4.69) is 9.46 Å². The predicted octanol–water partition coefficient (Wildman–Crippen LogP) is -2.50. The van der Waals surface area contributed by atoms with Gasteiger partial charge in [-0.25, -0.2) is 18.5 Å². The average molecular weight is 264 g/mol. The molecule has 0 radical (unpaired) electrons. The summed E-state index contributed by atoms with van der Waals surface area (Å²) in [6, 6.07) is 0. The number of rotatable bonds is 4. The molecule has 3 N–H and O–H groups in total. The molecule has 0 unspecified atom stereocenters. The minimum atomic E-state index is -4.99. The van der Waals surface area contributed by atoms with Crippen molar-refractivity contribution in [3.05, 3.63) is 0 Å². The zero-order valence-electron chi connectivity index (χ0n) is 8.54. The zero-order valence-corrected chi connectivity index (χ0v) is 8.44. The van der Waals surface area contributed by atoms with Gasteiger partial charge in [0.1, 0.15) is 0 Å². The van der Waals surface area contributed by atoms with Gasteiger partial charge in [-0.15, -0.1) is 0 Å². The minimum Gasteiger partial charge on any atom is -1.00 e. The van der Waals surface area contributed by atoms with Gasteiger partial charge in [-0.2, -0.15) is 0 Å². The molecule has 0 aliphatic carbocycles. The average Bonchev–Trinajstić information content (AvgIpc) is 2.17. The molecule has 0 atom stereocenters. The molecule has 13 heteroatoms. The smallest absolute Gasteiger partial charge is 1.00 e. The molecule has 0 spiro atoms. The van der Waals surface area contributed by atoms with Crippen LogP contribution in [0.15, 0.2) is 0 Å². The van der Waals surface area contributed by atoms with E-state index in [0.717, 1.165) is 0 Å². The van der Waals surface area contributed by atoms with Gasteiger partial charge >= 0.3 is 38.6 Å². The van der Waals surface area contributed by atoms with Gasteiger partial charge in [-0.1, -0.05) is 9.46 Å². The van der Waals surface area contributed by atoms with Gasteiger partial charge in [0.15, 0.2) is 0 Å². The fraction of sp³-hybridized carbons (Fsp3) is 0.333. The quantitative estimate of drug-likeness (QED) is 0.288. The molecule has 0 amide bonds. The maximum Gasteiger partial charge on any atom is 1.00 e. The number of phosphoric acid groups is 1. The normalized spacial score (nSPS) is 9.81. The molecule has 0 saturated heterocycles. The van der Waals surface area contributed by atoms with Crippen LogP contribution in [0.5, 0.6) is 0 Å². The molecule has 0 heterocycles. The Morgan fingerprint density at radius 1 is 1.19 bits per heavy atom. The van der Waals surface area contributed by atoms with Crippen molar-refractivity contribution in [1.29, 1.82) is 0 Å². The number of halogens is 3. The number of carboxylic acid groups (broad SMARTS) is 2. The second-order valence-electron chi connectivity index (χ2n) is 1.65. The first-order valence-electron chi connectivity index (χ1n) is 2.71. The van der Waals surface area contributed by atoms with Crippen molar-refractivity contribution in [1.82, 2.24) is 0 Å². The van der Waals surface area contributed by atoms with Crippen molar-refractivity contribution in [2.24, 2.45) is 0 Å². The third kappa shape index (κ3) is 11.5. The van der Waals surface area contributed by atoms with Gasteiger partial charge in [0.2, 0.25) is 0 Å². The molecule has 92 valence electrons. The van der Waals surface area contributed by atoms with E-state index in [0.29, 0.717) is 0 Å². The van der Waals surface area contributed by atoms with E-state index in [-0.39, 0.29) is 20.3 Å². The van der Waals surface area contributed by atoms with E-state index in [4.69, 9.17) is 15.1 Å². The van der Waals surface area contributed by atoms with Crippen LogP contribution < -0.4 is 18.9 Å². The first-order chi connectivity index (χ1) is 6.67. The van der Waals surface area contributed by atoms with Crippen LogP contribution in [-0.2, 0) is 23.6 Å². The summed E-state index contributed by atoms with van der Waals surface area (Å²) in [5.41, 5.74) is 0. The largest absolute Gasteiger partial charge is 1.00 e. The van der Waals surface area contributed by atoms with Crippen molar-refractivity contribution in [3.63, 3.8) is 0 Å². The van der Waals surface area contributed by atoms with E-state index in [1.807, 2.05) is 0 Å². The van der Waals surface area contributed by atoms with E-state index in [9.17, 15) is 27.6 Å². The van der Waals surface area contributed by atoms with Crippen molar-refractivity contribution >= 4 is 19.8 Å². The second-order valence-corrected chi connectivity index (χ2v) is 2.86. The van der Waals surface area contributed by atoms with Gasteiger partial charge in [0, 0.05) is 0 Å². The summed E-state index contributed by atoms with van der Waals surface area (Å²) in [5.74, 6) is -3.95. The summed E-state index contributed by atoms with van der Waals surface area (Å²) in [7, 11) is -4.99. The number of aliphatic carboxylic acids is 2. The molecule has 16 heavy (non-hydrogen) atoms. The van der Waals surface area contributed by atoms with Gasteiger partial charge in [-0.05, 0) is 9.05 Å². The van der Waals surface area contributed by atoms with Crippen LogP contribution in [0.25, 0.3) is 0 Å². The Morgan fingerprint density at radius 2 is 1.44 bits per heavy atom. The van der Waals surface area contributed by atoms with Crippen molar-refractivity contribution < 1.29 is 72.4 Å². The first kappa shape index (κ1) is 20.8. The van der Waals surface area contributed by atoms with E-state index in [1.165, 1.54) is 0 Å². The fourth-order valence-corrected chi connectivity index (χ4v) is 0.138. The Bertz CT molecular complexity index is 257. The second kappa shape index (κ2) is 9.65. The van der Waals surface area contributed by atoms with Crippen LogP contribution in [0.2, 0.25) is 0 Å². The molecule has 0 aliphatic rings. The SMILES string of the molecule is O=C(O)C(F)C(=O)O.O=P(O)(OF)OF.[H-].[Li+]. The van der Waals surface area contributed by atoms with Crippen LogP contribution >= 0.6 is 7.82 Å².